The van der Waals surface area contributed by atoms with Crippen LogP contribution in [0.1, 0.15) is 33.1 Å². The van der Waals surface area contributed by atoms with E-state index in [1.54, 1.807) is 18.4 Å². The van der Waals surface area contributed by atoms with E-state index in [-0.39, 0.29) is 17.7 Å². The van der Waals surface area contributed by atoms with E-state index in [4.69, 9.17) is 8.83 Å². The Morgan fingerprint density at radius 3 is 3.04 bits per heavy atom. The first-order valence-electron chi connectivity index (χ1n) is 7.93. The minimum atomic E-state index is 0.0127. The average Bonchev–Trinajstić information content (AvgIpc) is 3.20. The molecule has 2 aromatic rings. The van der Waals surface area contributed by atoms with Gasteiger partial charge in [0.1, 0.15) is 0 Å². The molecular formula is C16H21N3O3S. The minimum absolute atomic E-state index is 0.0127. The molecule has 6 nitrogen and oxygen atoms in total. The van der Waals surface area contributed by atoms with Gasteiger partial charge in [0.2, 0.25) is 5.91 Å². The Hall–Kier alpha value is -1.76. The number of nitrogens with zero attached hydrogens (tertiary/aromatic N) is 2. The summed E-state index contributed by atoms with van der Waals surface area (Å²) >= 11 is 1.24. The molecule has 3 atom stereocenters. The number of carbonyl (C=O) groups excluding carboxylic acids is 1. The van der Waals surface area contributed by atoms with Crippen LogP contribution in [0.15, 0.2) is 32.5 Å². The summed E-state index contributed by atoms with van der Waals surface area (Å²) in [4.78, 5) is 12.1. The van der Waals surface area contributed by atoms with E-state index in [1.165, 1.54) is 24.6 Å². The summed E-state index contributed by atoms with van der Waals surface area (Å²) in [5, 5.41) is 11.3. The third-order valence-electron chi connectivity index (χ3n) is 4.52. The van der Waals surface area contributed by atoms with Crippen LogP contribution in [0.2, 0.25) is 0 Å². The monoisotopic (exact) mass is 335 g/mol. The molecule has 2 heterocycles. The standard InChI is InChI=1S/C16H21N3O3S/c1-10-5-3-6-12(11(10)2)17-14(20)9-23-16-19-18-15(22-16)13-7-4-8-21-13/h4,7-8,10-12H,3,5-6,9H2,1-2H3,(H,17,20)/t10-,11+,12-/m1/s1. The molecule has 0 radical (unpaired) electrons. The highest BCUT2D eigenvalue weighted by molar-refractivity contribution is 7.99. The Labute approximate surface area is 139 Å². The summed E-state index contributed by atoms with van der Waals surface area (Å²) in [6, 6.07) is 3.78. The first-order chi connectivity index (χ1) is 11.1. The van der Waals surface area contributed by atoms with E-state index >= 15 is 0 Å². The van der Waals surface area contributed by atoms with Gasteiger partial charge in [-0.25, -0.2) is 0 Å². The second-order valence-electron chi connectivity index (χ2n) is 6.08. The number of furan rings is 1. The van der Waals surface area contributed by atoms with Gasteiger partial charge in [-0.2, -0.15) is 0 Å². The van der Waals surface area contributed by atoms with Crippen molar-refractivity contribution in [3.63, 3.8) is 0 Å². The van der Waals surface area contributed by atoms with E-state index in [1.807, 2.05) is 0 Å². The molecule has 2 aromatic heterocycles. The Morgan fingerprint density at radius 2 is 2.26 bits per heavy atom. The van der Waals surface area contributed by atoms with Crippen LogP contribution >= 0.6 is 11.8 Å². The predicted octanol–water partition coefficient (Wildman–Crippen LogP) is 3.36. The van der Waals surface area contributed by atoms with Gasteiger partial charge in [0.25, 0.3) is 11.1 Å². The second-order valence-corrected chi connectivity index (χ2v) is 7.01. The Morgan fingerprint density at radius 1 is 1.39 bits per heavy atom. The number of aromatic nitrogens is 2. The van der Waals surface area contributed by atoms with Crippen molar-refractivity contribution < 1.29 is 13.6 Å². The molecule has 0 aromatic carbocycles. The maximum atomic E-state index is 12.1. The highest BCUT2D eigenvalue weighted by Gasteiger charge is 2.28. The van der Waals surface area contributed by atoms with Gasteiger partial charge >= 0.3 is 0 Å². The number of nitrogens with one attached hydrogen (secondary N) is 1. The largest absolute Gasteiger partial charge is 0.459 e. The zero-order valence-electron chi connectivity index (χ0n) is 13.3. The van der Waals surface area contributed by atoms with Crippen LogP contribution in [0.4, 0.5) is 0 Å². The fourth-order valence-corrected chi connectivity index (χ4v) is 3.50. The first-order valence-corrected chi connectivity index (χ1v) is 8.91. The maximum Gasteiger partial charge on any atom is 0.284 e. The summed E-state index contributed by atoms with van der Waals surface area (Å²) in [6.07, 6.45) is 5.04. The highest BCUT2D eigenvalue weighted by atomic mass is 32.2. The van der Waals surface area contributed by atoms with E-state index < -0.39 is 0 Å². The third-order valence-corrected chi connectivity index (χ3v) is 5.34. The zero-order chi connectivity index (χ0) is 16.2. The maximum absolute atomic E-state index is 12.1. The topological polar surface area (TPSA) is 81.2 Å². The van der Waals surface area contributed by atoms with E-state index in [2.05, 4.69) is 29.4 Å². The van der Waals surface area contributed by atoms with Gasteiger partial charge in [0.15, 0.2) is 5.76 Å². The predicted molar refractivity (Wildman–Crippen MR) is 86.8 cm³/mol. The van der Waals surface area contributed by atoms with Crippen molar-refractivity contribution in [1.82, 2.24) is 15.5 Å². The normalized spacial score (nSPS) is 24.5. The van der Waals surface area contributed by atoms with Crippen molar-refractivity contribution in [3.8, 4) is 11.7 Å². The third kappa shape index (κ3) is 3.96. The van der Waals surface area contributed by atoms with Crippen LogP contribution in [-0.2, 0) is 4.79 Å². The van der Waals surface area contributed by atoms with E-state index in [0.717, 1.165) is 6.42 Å². The van der Waals surface area contributed by atoms with Crippen LogP contribution in [0.5, 0.6) is 0 Å². The van der Waals surface area contributed by atoms with Crippen molar-refractivity contribution in [2.75, 3.05) is 5.75 Å². The zero-order valence-corrected chi connectivity index (χ0v) is 14.1. The van der Waals surface area contributed by atoms with Crippen molar-refractivity contribution in [2.45, 2.75) is 44.4 Å². The Kier molecular flexibility index (Phi) is 5.05. The van der Waals surface area contributed by atoms with Gasteiger partial charge in [-0.05, 0) is 30.4 Å². The minimum Gasteiger partial charge on any atom is -0.459 e. The summed E-state index contributed by atoms with van der Waals surface area (Å²) < 4.78 is 10.7. The number of thioether (sulfide) groups is 1. The molecule has 124 valence electrons. The van der Waals surface area contributed by atoms with Gasteiger partial charge in [0.05, 0.1) is 12.0 Å². The Bertz CT molecular complexity index is 641. The Balaban J connectivity index is 1.49. The number of hydrogen-bond donors (Lipinski definition) is 1. The molecule has 23 heavy (non-hydrogen) atoms. The molecule has 1 fully saturated rings. The molecule has 1 saturated carbocycles. The SMILES string of the molecule is C[C@H]1[C@H](C)CCC[C@H]1NC(=O)CSc1nnc(-c2ccco2)o1. The molecule has 0 spiro atoms. The van der Waals surface area contributed by atoms with E-state index in [0.29, 0.717) is 28.7 Å². The van der Waals surface area contributed by atoms with Crippen LogP contribution < -0.4 is 5.32 Å². The number of carbonyl (C=O) groups is 1. The quantitative estimate of drug-likeness (QED) is 0.844. The molecule has 7 heteroatoms. The molecule has 0 aliphatic heterocycles. The second kappa shape index (κ2) is 7.21. The van der Waals surface area contributed by atoms with Crippen LogP contribution in [0.25, 0.3) is 11.7 Å². The molecule has 1 aliphatic carbocycles. The number of rotatable bonds is 5. The van der Waals surface area contributed by atoms with Crippen molar-refractivity contribution in [2.24, 2.45) is 11.8 Å². The molecular weight excluding hydrogens is 314 g/mol. The smallest absolute Gasteiger partial charge is 0.284 e. The lowest BCUT2D eigenvalue weighted by Crippen LogP contribution is -2.44. The van der Waals surface area contributed by atoms with Crippen LogP contribution in [-0.4, -0.2) is 27.9 Å². The number of amides is 1. The van der Waals surface area contributed by atoms with Crippen molar-refractivity contribution in [1.29, 1.82) is 0 Å². The van der Waals surface area contributed by atoms with Gasteiger partial charge < -0.3 is 14.2 Å². The lowest BCUT2D eigenvalue weighted by Gasteiger charge is -2.34. The fraction of sp³-hybridized carbons (Fsp3) is 0.562. The van der Waals surface area contributed by atoms with Crippen LogP contribution in [0, 0.1) is 11.8 Å². The number of hydrogen-bond acceptors (Lipinski definition) is 6. The van der Waals surface area contributed by atoms with Crippen molar-refractivity contribution in [3.05, 3.63) is 18.4 Å². The van der Waals surface area contributed by atoms with Gasteiger partial charge in [0, 0.05) is 6.04 Å². The van der Waals surface area contributed by atoms with Gasteiger partial charge in [-0.3, -0.25) is 4.79 Å². The van der Waals surface area contributed by atoms with E-state index in [9.17, 15) is 4.79 Å². The molecule has 0 saturated heterocycles. The highest BCUT2D eigenvalue weighted by Crippen LogP contribution is 2.29. The summed E-state index contributed by atoms with van der Waals surface area (Å²) in [7, 11) is 0. The van der Waals surface area contributed by atoms with Crippen LogP contribution in [0.3, 0.4) is 0 Å². The molecule has 1 aliphatic rings. The summed E-state index contributed by atoms with van der Waals surface area (Å²) in [5.41, 5.74) is 0. The molecule has 1 N–H and O–H groups in total. The lowest BCUT2D eigenvalue weighted by atomic mass is 9.78. The summed E-state index contributed by atoms with van der Waals surface area (Å²) in [5.74, 6) is 2.32. The molecule has 0 unspecified atom stereocenters. The lowest BCUT2D eigenvalue weighted by molar-refractivity contribution is -0.120. The average molecular weight is 335 g/mol. The first kappa shape index (κ1) is 16.1. The molecule has 1 amide bonds. The van der Waals surface area contributed by atoms with Gasteiger partial charge in [-0.15, -0.1) is 10.2 Å². The summed E-state index contributed by atoms with van der Waals surface area (Å²) in [6.45, 7) is 4.47. The molecule has 0 bridgehead atoms. The molecule has 3 rings (SSSR count). The fourth-order valence-electron chi connectivity index (χ4n) is 2.93. The van der Waals surface area contributed by atoms with Gasteiger partial charge in [-0.1, -0.05) is 38.5 Å². The van der Waals surface area contributed by atoms with Crippen molar-refractivity contribution >= 4 is 17.7 Å².